The second-order valence-corrected chi connectivity index (χ2v) is 7.30. The highest BCUT2D eigenvalue weighted by Crippen LogP contribution is 2.44. The Morgan fingerprint density at radius 3 is 1.38 bits per heavy atom. The molecule has 0 atom stereocenters. The third-order valence-electron chi connectivity index (χ3n) is 5.13. The molecule has 1 aliphatic carbocycles. The Kier molecular flexibility index (Phi) is 7.06. The fourth-order valence-electron chi connectivity index (χ4n) is 3.61. The van der Waals surface area contributed by atoms with Gasteiger partial charge < -0.3 is 41.9 Å². The number of carbonyl (C=O) groups is 2. The Hall–Kier alpha value is -3.50. The second-order valence-electron chi connectivity index (χ2n) is 7.30. The van der Waals surface area contributed by atoms with Crippen LogP contribution < -0.4 is 32.4 Å². The van der Waals surface area contributed by atoms with Gasteiger partial charge in [-0.1, -0.05) is 0 Å². The van der Waals surface area contributed by atoms with Gasteiger partial charge in [0.15, 0.2) is 11.6 Å². The lowest BCUT2D eigenvalue weighted by Gasteiger charge is -2.25. The largest absolute Gasteiger partial charge is 0.491 e. The monoisotopic (exact) mass is 444 g/mol. The number of carbonyl (C=O) groups excluding carboxylic acids is 2. The molecule has 0 unspecified atom stereocenters. The number of fused-ring (bicyclic) bond motifs is 2. The third-order valence-corrected chi connectivity index (χ3v) is 5.13. The summed E-state index contributed by atoms with van der Waals surface area (Å²) in [6.45, 7) is 1.58. The van der Waals surface area contributed by atoms with Crippen molar-refractivity contribution in [2.24, 2.45) is 0 Å². The molecule has 0 saturated heterocycles. The van der Waals surface area contributed by atoms with Crippen LogP contribution in [0.25, 0.3) is 0 Å². The van der Waals surface area contributed by atoms with Crippen molar-refractivity contribution in [1.82, 2.24) is 0 Å². The lowest BCUT2D eigenvalue weighted by atomic mass is 9.80. The molecule has 0 heterocycles. The van der Waals surface area contributed by atoms with Crippen LogP contribution in [-0.4, -0.2) is 52.2 Å². The maximum Gasteiger partial charge on any atom is 0.199 e. The molecular weight excluding hydrogens is 416 g/mol. The number of ketones is 2. The summed E-state index contributed by atoms with van der Waals surface area (Å²) < 4.78 is 21.3. The fraction of sp³-hybridized carbons (Fsp3) is 0.364. The molecule has 32 heavy (non-hydrogen) atoms. The van der Waals surface area contributed by atoms with Crippen molar-refractivity contribution >= 4 is 34.3 Å². The zero-order chi connectivity index (χ0) is 23.4. The average molecular weight is 444 g/mol. The summed E-state index contributed by atoms with van der Waals surface area (Å²) in [6, 6.07) is 2.87. The van der Waals surface area contributed by atoms with Gasteiger partial charge in [-0.2, -0.15) is 0 Å². The summed E-state index contributed by atoms with van der Waals surface area (Å²) >= 11 is 0. The van der Waals surface area contributed by atoms with Gasteiger partial charge in [0.25, 0.3) is 0 Å². The van der Waals surface area contributed by atoms with E-state index in [1.165, 1.54) is 12.1 Å². The zero-order valence-electron chi connectivity index (χ0n) is 18.2. The van der Waals surface area contributed by atoms with E-state index in [4.69, 9.17) is 41.9 Å². The second kappa shape index (κ2) is 9.75. The van der Waals surface area contributed by atoms with Gasteiger partial charge in [-0.25, -0.2) is 0 Å². The van der Waals surface area contributed by atoms with E-state index in [0.717, 1.165) is 0 Å². The number of nitrogens with two attached hydrogens (primary N) is 4. The Balaban J connectivity index is 2.04. The van der Waals surface area contributed by atoms with Crippen LogP contribution in [0.15, 0.2) is 12.1 Å². The van der Waals surface area contributed by atoms with Crippen molar-refractivity contribution in [3.05, 3.63) is 34.4 Å². The van der Waals surface area contributed by atoms with Crippen molar-refractivity contribution in [3.8, 4) is 11.5 Å². The van der Waals surface area contributed by atoms with Crippen LogP contribution in [0.1, 0.15) is 44.7 Å². The van der Waals surface area contributed by atoms with Gasteiger partial charge in [0.1, 0.15) is 11.5 Å². The summed E-state index contributed by atoms with van der Waals surface area (Å²) in [5.74, 6) is -0.673. The Morgan fingerprint density at radius 2 is 1.00 bits per heavy atom. The van der Waals surface area contributed by atoms with Gasteiger partial charge in [0.05, 0.1) is 46.8 Å². The van der Waals surface area contributed by atoms with Crippen molar-refractivity contribution < 1.29 is 28.5 Å². The molecule has 0 aromatic heterocycles. The van der Waals surface area contributed by atoms with E-state index in [-0.39, 0.29) is 56.5 Å². The quantitative estimate of drug-likeness (QED) is 0.265. The maximum absolute atomic E-state index is 13.5. The standard InChI is InChI=1S/C22H28N4O6/c1-29-5-3-7-31-13-9-11(23)15-17(19(13)25)22(28)18-16(21(15)27)12(24)10-14(20(18)26)32-8-4-6-30-2/h9-10H,3-8,23-26H2,1-2H3. The summed E-state index contributed by atoms with van der Waals surface area (Å²) in [7, 11) is 3.16. The number of nitrogen functional groups attached to an aromatic ring is 4. The SMILES string of the molecule is COCCCOc1cc(N)c2c(c1N)C(=O)c1c(N)c(OCCCOC)cc(N)c1C2=O. The lowest BCUT2D eigenvalue weighted by Crippen LogP contribution is -2.27. The highest BCUT2D eigenvalue weighted by molar-refractivity contribution is 6.35. The fourth-order valence-corrected chi connectivity index (χ4v) is 3.61. The Morgan fingerprint density at radius 1 is 0.625 bits per heavy atom. The molecule has 2 aromatic rings. The molecule has 172 valence electrons. The molecule has 10 nitrogen and oxygen atoms in total. The molecule has 0 amide bonds. The maximum atomic E-state index is 13.5. The van der Waals surface area contributed by atoms with Gasteiger partial charge in [-0.15, -0.1) is 0 Å². The normalized spacial score (nSPS) is 12.4. The topological polar surface area (TPSA) is 175 Å². The van der Waals surface area contributed by atoms with Crippen LogP contribution >= 0.6 is 0 Å². The van der Waals surface area contributed by atoms with Gasteiger partial charge in [-0.3, -0.25) is 9.59 Å². The van der Waals surface area contributed by atoms with E-state index in [0.29, 0.717) is 39.3 Å². The van der Waals surface area contributed by atoms with Crippen molar-refractivity contribution in [3.63, 3.8) is 0 Å². The highest BCUT2D eigenvalue weighted by atomic mass is 16.5. The summed E-state index contributed by atoms with van der Waals surface area (Å²) in [5, 5.41) is 0. The van der Waals surface area contributed by atoms with E-state index < -0.39 is 11.6 Å². The molecule has 0 spiro atoms. The first-order valence-corrected chi connectivity index (χ1v) is 10.1. The van der Waals surface area contributed by atoms with E-state index in [2.05, 4.69) is 0 Å². The van der Waals surface area contributed by atoms with Crippen LogP contribution in [0.2, 0.25) is 0 Å². The number of benzene rings is 2. The van der Waals surface area contributed by atoms with Crippen LogP contribution in [-0.2, 0) is 9.47 Å². The van der Waals surface area contributed by atoms with Gasteiger partial charge in [0.2, 0.25) is 0 Å². The van der Waals surface area contributed by atoms with Gasteiger partial charge in [-0.05, 0) is 0 Å². The van der Waals surface area contributed by atoms with Crippen LogP contribution in [0, 0.1) is 0 Å². The van der Waals surface area contributed by atoms with Crippen molar-refractivity contribution in [2.75, 3.05) is 63.6 Å². The summed E-state index contributed by atoms with van der Waals surface area (Å²) in [6.07, 6.45) is 1.21. The summed E-state index contributed by atoms with van der Waals surface area (Å²) in [4.78, 5) is 26.8. The molecule has 1 aliphatic rings. The number of hydrogen-bond acceptors (Lipinski definition) is 10. The Bertz CT molecular complexity index is 974. The van der Waals surface area contributed by atoms with Crippen LogP contribution in [0.3, 0.4) is 0 Å². The minimum absolute atomic E-state index is 0.0101. The van der Waals surface area contributed by atoms with E-state index >= 15 is 0 Å². The minimum Gasteiger partial charge on any atom is -0.491 e. The number of rotatable bonds is 10. The molecule has 3 rings (SSSR count). The predicted octanol–water partition coefficient (Wildman–Crippen LogP) is 1.62. The number of methoxy groups -OCH3 is 2. The van der Waals surface area contributed by atoms with E-state index in [9.17, 15) is 9.59 Å². The van der Waals surface area contributed by atoms with Crippen LogP contribution in [0.4, 0.5) is 22.7 Å². The third kappa shape index (κ3) is 4.14. The van der Waals surface area contributed by atoms with Gasteiger partial charge in [0, 0.05) is 63.8 Å². The number of hydrogen-bond donors (Lipinski definition) is 4. The molecule has 0 bridgehead atoms. The van der Waals surface area contributed by atoms with Gasteiger partial charge >= 0.3 is 0 Å². The molecule has 10 heteroatoms. The highest BCUT2D eigenvalue weighted by Gasteiger charge is 2.38. The molecular formula is C22H28N4O6. The number of ether oxygens (including phenoxy) is 4. The minimum atomic E-state index is -0.562. The van der Waals surface area contributed by atoms with Crippen LogP contribution in [0.5, 0.6) is 11.5 Å². The molecule has 0 aliphatic heterocycles. The van der Waals surface area contributed by atoms with E-state index in [1.807, 2.05) is 0 Å². The molecule has 0 radical (unpaired) electrons. The first-order valence-electron chi connectivity index (χ1n) is 10.1. The molecule has 2 aromatic carbocycles. The smallest absolute Gasteiger partial charge is 0.199 e. The lowest BCUT2D eigenvalue weighted by molar-refractivity contribution is 0.0981. The zero-order valence-corrected chi connectivity index (χ0v) is 18.2. The molecule has 0 saturated carbocycles. The number of anilines is 4. The summed E-state index contributed by atoms with van der Waals surface area (Å²) in [5.41, 5.74) is 24.8. The molecule has 0 fully saturated rings. The first-order chi connectivity index (χ1) is 15.3. The Labute approximate surface area is 185 Å². The van der Waals surface area contributed by atoms with Crippen molar-refractivity contribution in [2.45, 2.75) is 12.8 Å². The van der Waals surface area contributed by atoms with Crippen molar-refractivity contribution in [1.29, 1.82) is 0 Å². The molecule has 8 N–H and O–H groups in total. The van der Waals surface area contributed by atoms with E-state index in [1.54, 1.807) is 14.2 Å². The first kappa shape index (κ1) is 23.2. The average Bonchev–Trinajstić information content (AvgIpc) is 2.76. The predicted molar refractivity (Wildman–Crippen MR) is 121 cm³/mol.